The summed E-state index contributed by atoms with van der Waals surface area (Å²) in [6.45, 7) is 4.04. The second kappa shape index (κ2) is 13.7. The average molecular weight is 727 g/mol. The van der Waals surface area contributed by atoms with Gasteiger partial charge in [-0.25, -0.2) is 9.79 Å². The van der Waals surface area contributed by atoms with E-state index in [1.54, 1.807) is 52.3 Å². The third kappa shape index (κ3) is 6.25. The lowest BCUT2D eigenvalue weighted by atomic mass is 9.94. The first-order chi connectivity index (χ1) is 21.3. The number of fused-ring (bicyclic) bond motifs is 1. The normalized spacial score (nSPS) is 14.5. The van der Waals surface area contributed by atoms with Crippen LogP contribution >= 0.6 is 33.9 Å². The predicted octanol–water partition coefficient (Wildman–Crippen LogP) is 5.01. The van der Waals surface area contributed by atoms with E-state index < -0.39 is 12.0 Å². The Balaban J connectivity index is 1.63. The van der Waals surface area contributed by atoms with E-state index in [4.69, 9.17) is 23.7 Å². The Labute approximate surface area is 272 Å². The zero-order valence-electron chi connectivity index (χ0n) is 24.9. The summed E-state index contributed by atoms with van der Waals surface area (Å²) in [7, 11) is 4.68. The number of benzene rings is 3. The van der Waals surface area contributed by atoms with E-state index >= 15 is 0 Å². The highest BCUT2D eigenvalue weighted by Gasteiger charge is 2.35. The zero-order valence-corrected chi connectivity index (χ0v) is 27.9. The van der Waals surface area contributed by atoms with Crippen LogP contribution in [0.3, 0.4) is 0 Å². The van der Waals surface area contributed by atoms with Crippen molar-refractivity contribution in [3.63, 3.8) is 0 Å². The predicted molar refractivity (Wildman–Crippen MR) is 176 cm³/mol. The van der Waals surface area contributed by atoms with Crippen molar-refractivity contribution in [1.82, 2.24) is 4.57 Å². The Hall–Kier alpha value is -4.10. The monoisotopic (exact) mass is 726 g/mol. The maximum atomic E-state index is 14.1. The summed E-state index contributed by atoms with van der Waals surface area (Å²) in [5.74, 6) is 1.66. The first-order valence-corrected chi connectivity index (χ1v) is 15.6. The molecule has 4 aromatic rings. The van der Waals surface area contributed by atoms with Gasteiger partial charge in [0.05, 0.1) is 47.3 Å². The molecule has 0 aliphatic carbocycles. The standard InChI is InChI=1S/C33H31IN2O7S/c1-6-42-32(38)28-19(2)35-33-36(29(28)23-17-22(39-3)12-13-25(23)40-4)31(37)27(44-33)16-21-14-24(34)30(26(15-21)41-5)43-18-20-10-8-7-9-11-20/h7-17,29H,6,18H2,1-5H3. The third-order valence-electron chi connectivity index (χ3n) is 7.02. The minimum Gasteiger partial charge on any atom is -0.497 e. The van der Waals surface area contributed by atoms with Crippen LogP contribution in [0, 0.1) is 3.57 Å². The molecule has 1 aromatic heterocycles. The van der Waals surface area contributed by atoms with E-state index in [-0.39, 0.29) is 17.7 Å². The molecule has 0 saturated carbocycles. The van der Waals surface area contributed by atoms with Gasteiger partial charge in [-0.05, 0) is 84.0 Å². The van der Waals surface area contributed by atoms with E-state index in [2.05, 4.69) is 27.6 Å². The van der Waals surface area contributed by atoms with Crippen molar-refractivity contribution < 1.29 is 28.5 Å². The molecule has 11 heteroatoms. The van der Waals surface area contributed by atoms with Crippen molar-refractivity contribution in [1.29, 1.82) is 0 Å². The van der Waals surface area contributed by atoms with Gasteiger partial charge in [0.2, 0.25) is 0 Å². The first-order valence-electron chi connectivity index (χ1n) is 13.7. The van der Waals surface area contributed by atoms with Crippen LogP contribution in [0.2, 0.25) is 0 Å². The van der Waals surface area contributed by atoms with E-state index in [0.717, 1.165) is 14.7 Å². The van der Waals surface area contributed by atoms with Crippen molar-refractivity contribution >= 4 is 46.0 Å². The number of esters is 1. The number of thiazole rings is 1. The van der Waals surface area contributed by atoms with Gasteiger partial charge in [-0.1, -0.05) is 41.7 Å². The largest absolute Gasteiger partial charge is 0.497 e. The molecule has 228 valence electrons. The number of aromatic nitrogens is 1. The van der Waals surface area contributed by atoms with Gasteiger partial charge in [-0.3, -0.25) is 9.36 Å². The van der Waals surface area contributed by atoms with Crippen molar-refractivity contribution in [2.24, 2.45) is 4.99 Å². The number of ether oxygens (including phenoxy) is 5. The molecule has 2 heterocycles. The van der Waals surface area contributed by atoms with Gasteiger partial charge in [0.15, 0.2) is 16.3 Å². The number of hydrogen-bond acceptors (Lipinski definition) is 9. The summed E-state index contributed by atoms with van der Waals surface area (Å²) in [5, 5.41) is 0. The highest BCUT2D eigenvalue weighted by Crippen LogP contribution is 2.38. The number of hydrogen-bond donors (Lipinski definition) is 0. The number of allylic oxidation sites excluding steroid dienone is 1. The summed E-state index contributed by atoms with van der Waals surface area (Å²) in [5.41, 5.74) is 2.77. The van der Waals surface area contributed by atoms with Gasteiger partial charge in [0.1, 0.15) is 24.1 Å². The van der Waals surface area contributed by atoms with Crippen LogP contribution in [0.15, 0.2) is 81.7 Å². The van der Waals surface area contributed by atoms with Crippen LogP contribution in [0.5, 0.6) is 23.0 Å². The van der Waals surface area contributed by atoms with Crippen LogP contribution in [0.1, 0.15) is 36.6 Å². The Morgan fingerprint density at radius 2 is 1.77 bits per heavy atom. The van der Waals surface area contributed by atoms with Crippen molar-refractivity contribution in [3.05, 3.63) is 112 Å². The summed E-state index contributed by atoms with van der Waals surface area (Å²) < 4.78 is 31.1. The Bertz CT molecular complexity index is 1910. The molecule has 0 saturated heterocycles. The van der Waals surface area contributed by atoms with E-state index in [0.29, 0.717) is 50.2 Å². The molecule has 0 spiro atoms. The van der Waals surface area contributed by atoms with Crippen molar-refractivity contribution in [2.45, 2.75) is 26.5 Å². The van der Waals surface area contributed by atoms with Gasteiger partial charge in [0, 0.05) is 5.56 Å². The lowest BCUT2D eigenvalue weighted by Crippen LogP contribution is -2.40. The van der Waals surface area contributed by atoms with Crippen LogP contribution in [0.4, 0.5) is 0 Å². The SMILES string of the molecule is CCOC(=O)C1=C(C)N=c2sc(=Cc3cc(I)c(OCc4ccccc4)c(OC)c3)c(=O)n2C1c1cc(OC)ccc1OC. The lowest BCUT2D eigenvalue weighted by Gasteiger charge is -2.26. The second-order valence-corrected chi connectivity index (χ2v) is 11.9. The highest BCUT2D eigenvalue weighted by molar-refractivity contribution is 14.1. The van der Waals surface area contributed by atoms with E-state index in [1.165, 1.54) is 23.0 Å². The van der Waals surface area contributed by atoms with Gasteiger partial charge >= 0.3 is 5.97 Å². The quantitative estimate of drug-likeness (QED) is 0.168. The smallest absolute Gasteiger partial charge is 0.338 e. The lowest BCUT2D eigenvalue weighted by molar-refractivity contribution is -0.139. The second-order valence-electron chi connectivity index (χ2n) is 9.72. The van der Waals surface area contributed by atoms with Gasteiger partial charge in [-0.15, -0.1) is 0 Å². The maximum Gasteiger partial charge on any atom is 0.338 e. The molecule has 1 atom stereocenters. The molecule has 44 heavy (non-hydrogen) atoms. The highest BCUT2D eigenvalue weighted by atomic mass is 127. The summed E-state index contributed by atoms with van der Waals surface area (Å²) in [6, 6.07) is 18.1. The fourth-order valence-electron chi connectivity index (χ4n) is 4.98. The van der Waals surface area contributed by atoms with Crippen LogP contribution in [-0.2, 0) is 16.1 Å². The number of methoxy groups -OCH3 is 3. The maximum absolute atomic E-state index is 14.1. The summed E-state index contributed by atoms with van der Waals surface area (Å²) in [6.07, 6.45) is 1.79. The molecule has 0 fully saturated rings. The Morgan fingerprint density at radius 3 is 2.45 bits per heavy atom. The molecule has 5 rings (SSSR count). The minimum absolute atomic E-state index is 0.174. The summed E-state index contributed by atoms with van der Waals surface area (Å²) in [4.78, 5) is 32.5. The molecule has 1 aliphatic rings. The molecule has 0 N–H and O–H groups in total. The molecule has 9 nitrogen and oxygen atoms in total. The third-order valence-corrected chi connectivity index (χ3v) is 8.81. The van der Waals surface area contributed by atoms with Gasteiger partial charge < -0.3 is 23.7 Å². The number of carbonyl (C=O) groups is 1. The Kier molecular flexibility index (Phi) is 9.74. The molecule has 0 bridgehead atoms. The molecule has 0 radical (unpaired) electrons. The molecular weight excluding hydrogens is 695 g/mol. The number of halogens is 1. The minimum atomic E-state index is -0.846. The van der Waals surface area contributed by atoms with Crippen LogP contribution in [0.25, 0.3) is 6.08 Å². The van der Waals surface area contributed by atoms with Gasteiger partial charge in [0.25, 0.3) is 5.56 Å². The fraction of sp³-hybridized carbons (Fsp3) is 0.242. The van der Waals surface area contributed by atoms with Crippen LogP contribution < -0.4 is 33.8 Å². The van der Waals surface area contributed by atoms with Crippen molar-refractivity contribution in [2.75, 3.05) is 27.9 Å². The fourth-order valence-corrected chi connectivity index (χ4v) is 6.81. The first kappa shape index (κ1) is 31.3. The number of nitrogens with zero attached hydrogens (tertiary/aromatic N) is 2. The topological polar surface area (TPSA) is 97.6 Å². The molecule has 1 unspecified atom stereocenters. The molecule has 1 aliphatic heterocycles. The molecule has 0 amide bonds. The average Bonchev–Trinajstić information content (AvgIpc) is 3.33. The Morgan fingerprint density at radius 1 is 1.02 bits per heavy atom. The molecular formula is C33H31IN2O7S. The molecule has 3 aromatic carbocycles. The van der Waals surface area contributed by atoms with Crippen LogP contribution in [-0.4, -0.2) is 38.5 Å². The van der Waals surface area contributed by atoms with Gasteiger partial charge in [-0.2, -0.15) is 0 Å². The van der Waals surface area contributed by atoms with E-state index in [9.17, 15) is 9.59 Å². The summed E-state index contributed by atoms with van der Waals surface area (Å²) >= 11 is 3.44. The number of carbonyl (C=O) groups excluding carboxylic acids is 1. The zero-order chi connectivity index (χ0) is 31.4. The van der Waals surface area contributed by atoms with Crippen molar-refractivity contribution in [3.8, 4) is 23.0 Å². The number of rotatable bonds is 10. The van der Waals surface area contributed by atoms with E-state index in [1.807, 2.05) is 42.5 Å².